The summed E-state index contributed by atoms with van der Waals surface area (Å²) in [5.41, 5.74) is 0. The van der Waals surface area contributed by atoms with Gasteiger partial charge in [0.15, 0.2) is 5.82 Å². The molecule has 0 radical (unpaired) electrons. The second-order valence-corrected chi connectivity index (χ2v) is 4.77. The number of carbonyl (C=O) groups is 2. The van der Waals surface area contributed by atoms with E-state index in [9.17, 15) is 9.59 Å². The van der Waals surface area contributed by atoms with Crippen LogP contribution < -0.4 is 5.32 Å². The third kappa shape index (κ3) is 6.69. The summed E-state index contributed by atoms with van der Waals surface area (Å²) < 4.78 is 9.50. The van der Waals surface area contributed by atoms with E-state index in [-0.39, 0.29) is 11.8 Å². The average molecular weight is 295 g/mol. The van der Waals surface area contributed by atoms with Gasteiger partial charge in [-0.3, -0.25) is 4.79 Å². The molecule has 21 heavy (non-hydrogen) atoms. The van der Waals surface area contributed by atoms with Crippen LogP contribution in [0.25, 0.3) is 0 Å². The van der Waals surface area contributed by atoms with Gasteiger partial charge in [0.05, 0.1) is 7.11 Å². The van der Waals surface area contributed by atoms with E-state index in [1.54, 1.807) is 6.08 Å². The highest BCUT2D eigenvalue weighted by Crippen LogP contribution is 2.10. The fourth-order valence-corrected chi connectivity index (χ4v) is 1.46. The molecule has 0 bridgehead atoms. The van der Waals surface area contributed by atoms with Crippen LogP contribution in [0.4, 0.5) is 0 Å². The second-order valence-electron chi connectivity index (χ2n) is 4.77. The Morgan fingerprint density at radius 3 is 2.81 bits per heavy atom. The zero-order valence-corrected chi connectivity index (χ0v) is 12.6. The van der Waals surface area contributed by atoms with E-state index in [1.165, 1.54) is 13.2 Å². The van der Waals surface area contributed by atoms with Gasteiger partial charge in [-0.15, -0.1) is 0 Å². The minimum absolute atomic E-state index is 0.0919. The van der Waals surface area contributed by atoms with Crippen LogP contribution in [0.2, 0.25) is 0 Å². The lowest BCUT2D eigenvalue weighted by Crippen LogP contribution is -2.24. The Morgan fingerprint density at radius 1 is 1.43 bits per heavy atom. The number of rotatable bonds is 8. The van der Waals surface area contributed by atoms with Crippen LogP contribution in [-0.4, -0.2) is 35.7 Å². The maximum absolute atomic E-state index is 11.6. The Morgan fingerprint density at radius 2 is 2.19 bits per heavy atom. The van der Waals surface area contributed by atoms with Crippen molar-refractivity contribution in [2.45, 2.75) is 39.0 Å². The van der Waals surface area contributed by atoms with Crippen molar-refractivity contribution in [3.63, 3.8) is 0 Å². The number of hydrogen-bond acceptors (Lipinski definition) is 6. The summed E-state index contributed by atoms with van der Waals surface area (Å²) in [5, 5.41) is 6.58. The van der Waals surface area contributed by atoms with Gasteiger partial charge in [0, 0.05) is 31.4 Å². The maximum atomic E-state index is 11.6. The Labute approximate surface area is 123 Å². The molecular formula is C14H21N3O4. The monoisotopic (exact) mass is 295 g/mol. The summed E-state index contributed by atoms with van der Waals surface area (Å²) in [6.07, 6.45) is 4.26. The molecule has 1 heterocycles. The molecule has 0 atom stereocenters. The van der Waals surface area contributed by atoms with E-state index in [0.29, 0.717) is 37.5 Å². The van der Waals surface area contributed by atoms with E-state index >= 15 is 0 Å². The molecule has 1 amide bonds. The molecule has 7 nitrogen and oxygen atoms in total. The first-order chi connectivity index (χ1) is 10.0. The first-order valence-corrected chi connectivity index (χ1v) is 6.86. The number of esters is 1. The van der Waals surface area contributed by atoms with Crippen molar-refractivity contribution >= 4 is 11.9 Å². The fraction of sp³-hybridized carbons (Fsp3) is 0.571. The predicted octanol–water partition coefficient (Wildman–Crippen LogP) is 1.36. The molecule has 0 aliphatic carbocycles. The summed E-state index contributed by atoms with van der Waals surface area (Å²) >= 11 is 0. The van der Waals surface area contributed by atoms with Gasteiger partial charge in [-0.25, -0.2) is 4.79 Å². The van der Waals surface area contributed by atoms with Gasteiger partial charge in [0.2, 0.25) is 11.8 Å². The number of ether oxygens (including phenoxy) is 1. The third-order valence-electron chi connectivity index (χ3n) is 2.65. The summed E-state index contributed by atoms with van der Waals surface area (Å²) in [7, 11) is 1.32. The van der Waals surface area contributed by atoms with Crippen LogP contribution in [0.1, 0.15) is 44.3 Å². The molecule has 0 aliphatic heterocycles. The molecule has 0 saturated carbocycles. The highest BCUT2D eigenvalue weighted by molar-refractivity contribution is 5.81. The number of aromatic nitrogens is 2. The largest absolute Gasteiger partial charge is 0.466 e. The highest BCUT2D eigenvalue weighted by Gasteiger charge is 2.10. The van der Waals surface area contributed by atoms with Crippen molar-refractivity contribution in [2.24, 2.45) is 0 Å². The molecule has 0 spiro atoms. The number of carbonyl (C=O) groups excluding carboxylic acids is 2. The number of nitrogens with one attached hydrogen (secondary N) is 1. The SMILES string of the molecule is COC(=O)/C=C/CCNC(=O)CCc1nc(C(C)C)no1. The van der Waals surface area contributed by atoms with Gasteiger partial charge in [-0.05, 0) is 6.42 Å². The quantitative estimate of drug-likeness (QED) is 0.442. The number of amides is 1. The van der Waals surface area contributed by atoms with E-state index < -0.39 is 5.97 Å². The molecule has 7 heteroatoms. The van der Waals surface area contributed by atoms with Crippen molar-refractivity contribution in [3.8, 4) is 0 Å². The van der Waals surface area contributed by atoms with Crippen LogP contribution in [0, 0.1) is 0 Å². The molecule has 1 aromatic heterocycles. The van der Waals surface area contributed by atoms with E-state index in [1.807, 2.05) is 13.8 Å². The minimum Gasteiger partial charge on any atom is -0.466 e. The fourth-order valence-electron chi connectivity index (χ4n) is 1.46. The van der Waals surface area contributed by atoms with Gasteiger partial charge in [0.25, 0.3) is 0 Å². The van der Waals surface area contributed by atoms with Crippen LogP contribution in [0.5, 0.6) is 0 Å². The molecule has 0 unspecified atom stereocenters. The smallest absolute Gasteiger partial charge is 0.330 e. The normalized spacial score (nSPS) is 11.0. The lowest BCUT2D eigenvalue weighted by atomic mass is 10.2. The third-order valence-corrected chi connectivity index (χ3v) is 2.65. The zero-order valence-electron chi connectivity index (χ0n) is 12.6. The van der Waals surface area contributed by atoms with E-state index in [4.69, 9.17) is 4.52 Å². The van der Waals surface area contributed by atoms with E-state index in [2.05, 4.69) is 20.2 Å². The molecular weight excluding hydrogens is 274 g/mol. The first-order valence-electron chi connectivity index (χ1n) is 6.86. The summed E-state index contributed by atoms with van der Waals surface area (Å²) in [5.74, 6) is 0.833. The Balaban J connectivity index is 2.19. The number of methoxy groups -OCH3 is 1. The number of hydrogen-bond donors (Lipinski definition) is 1. The second kappa shape index (κ2) is 8.89. The maximum Gasteiger partial charge on any atom is 0.330 e. The van der Waals surface area contributed by atoms with Crippen molar-refractivity contribution in [1.82, 2.24) is 15.5 Å². The van der Waals surface area contributed by atoms with Crippen LogP contribution in [-0.2, 0) is 20.7 Å². The predicted molar refractivity (Wildman–Crippen MR) is 75.5 cm³/mol. The molecule has 0 aliphatic rings. The molecule has 1 aromatic rings. The first kappa shape index (κ1) is 16.9. The van der Waals surface area contributed by atoms with Crippen LogP contribution >= 0.6 is 0 Å². The zero-order chi connectivity index (χ0) is 15.7. The minimum atomic E-state index is -0.404. The van der Waals surface area contributed by atoms with Crippen molar-refractivity contribution < 1.29 is 18.8 Å². The summed E-state index contributed by atoms with van der Waals surface area (Å²) in [4.78, 5) is 26.6. The molecule has 1 rings (SSSR count). The van der Waals surface area contributed by atoms with Gasteiger partial charge >= 0.3 is 5.97 Å². The molecule has 0 fully saturated rings. The van der Waals surface area contributed by atoms with Gasteiger partial charge in [-0.1, -0.05) is 25.1 Å². The summed E-state index contributed by atoms with van der Waals surface area (Å²) in [6.45, 7) is 4.42. The lowest BCUT2D eigenvalue weighted by molar-refractivity contribution is -0.134. The highest BCUT2D eigenvalue weighted by atomic mass is 16.5. The Hall–Kier alpha value is -2.18. The average Bonchev–Trinajstić information content (AvgIpc) is 2.93. The number of nitrogens with zero attached hydrogens (tertiary/aromatic N) is 2. The molecule has 0 saturated heterocycles. The van der Waals surface area contributed by atoms with Crippen molar-refractivity contribution in [1.29, 1.82) is 0 Å². The van der Waals surface area contributed by atoms with Gasteiger partial charge in [-0.2, -0.15) is 4.98 Å². The van der Waals surface area contributed by atoms with Crippen LogP contribution in [0.3, 0.4) is 0 Å². The Kier molecular flexibility index (Phi) is 7.14. The van der Waals surface area contributed by atoms with Gasteiger partial charge < -0.3 is 14.6 Å². The van der Waals surface area contributed by atoms with Crippen molar-refractivity contribution in [3.05, 3.63) is 23.9 Å². The Bertz CT molecular complexity index is 494. The lowest BCUT2D eigenvalue weighted by Gasteiger charge is -2.01. The molecule has 116 valence electrons. The molecule has 0 aromatic carbocycles. The van der Waals surface area contributed by atoms with Crippen molar-refractivity contribution in [2.75, 3.05) is 13.7 Å². The summed E-state index contributed by atoms with van der Waals surface area (Å²) in [6, 6.07) is 0. The van der Waals surface area contributed by atoms with Crippen LogP contribution in [0.15, 0.2) is 16.7 Å². The number of aryl methyl sites for hydroxylation is 1. The van der Waals surface area contributed by atoms with E-state index in [0.717, 1.165) is 0 Å². The standard InChI is InChI=1S/C14H21N3O4/c1-10(2)14-16-12(21-17-14)8-7-11(18)15-9-5-4-6-13(19)20-3/h4,6,10H,5,7-9H2,1-3H3,(H,15,18)/b6-4+. The van der Waals surface area contributed by atoms with Gasteiger partial charge in [0.1, 0.15) is 0 Å². The topological polar surface area (TPSA) is 94.3 Å². The molecule has 1 N–H and O–H groups in total.